The topological polar surface area (TPSA) is 242 Å². The van der Waals surface area contributed by atoms with E-state index < -0.39 is 39.7 Å². The normalized spacial score (nSPS) is 12.1. The molecule has 54 heavy (non-hydrogen) atoms. The molecule has 5 aromatic carbocycles. The van der Waals surface area contributed by atoms with Gasteiger partial charge in [-0.1, -0.05) is 54.6 Å². The third-order valence-electron chi connectivity index (χ3n) is 7.90. The van der Waals surface area contributed by atoms with Crippen LogP contribution in [0, 0.1) is 11.3 Å². The summed E-state index contributed by atoms with van der Waals surface area (Å²) in [6, 6.07) is 31.6. The fraction of sp³-hybridized carbons (Fsp3) is 0.0571. The van der Waals surface area contributed by atoms with E-state index in [-0.39, 0.29) is 36.7 Å². The van der Waals surface area contributed by atoms with E-state index in [2.05, 4.69) is 29.8 Å². The minimum atomic E-state index is -4.06. The number of anilines is 2. The van der Waals surface area contributed by atoms with E-state index in [9.17, 15) is 33.7 Å². The number of sulfonamides is 2. The minimum absolute atomic E-state index is 0.00516. The van der Waals surface area contributed by atoms with Crippen LogP contribution < -0.4 is 9.44 Å². The van der Waals surface area contributed by atoms with Gasteiger partial charge < -0.3 is 0 Å². The van der Waals surface area contributed by atoms with Gasteiger partial charge in [0.25, 0.3) is 20.0 Å². The van der Waals surface area contributed by atoms with E-state index in [1.165, 1.54) is 72.8 Å². The summed E-state index contributed by atoms with van der Waals surface area (Å²) < 4.78 is 103. The molecule has 2 heterocycles. The molecule has 4 N–H and O–H groups in total. The lowest BCUT2D eigenvalue weighted by Gasteiger charge is -2.11. The van der Waals surface area contributed by atoms with Crippen LogP contribution in [0.1, 0.15) is 5.69 Å². The molecule has 19 heteroatoms. The molecule has 7 rings (SSSR count). The first-order valence-electron chi connectivity index (χ1n) is 15.5. The van der Waals surface area contributed by atoms with E-state index in [0.29, 0.717) is 27.5 Å². The monoisotopic (exact) mass is 803 g/mol. The Morgan fingerprint density at radius 3 is 1.50 bits per heavy atom. The lowest BCUT2D eigenvalue weighted by atomic mass is 10.1. The molecule has 0 bridgehead atoms. The molecule has 0 spiro atoms. The Morgan fingerprint density at radius 2 is 1.00 bits per heavy atom. The highest BCUT2D eigenvalue weighted by Gasteiger charge is 2.22. The maximum absolute atomic E-state index is 13.0. The summed E-state index contributed by atoms with van der Waals surface area (Å²) in [5.74, 6) is 0. The van der Waals surface area contributed by atoms with Gasteiger partial charge in [0.1, 0.15) is 6.07 Å². The summed E-state index contributed by atoms with van der Waals surface area (Å²) in [5.41, 5.74) is 2.73. The molecule has 0 aliphatic carbocycles. The molecule has 0 fully saturated rings. The molecule has 0 amide bonds. The van der Waals surface area contributed by atoms with Crippen molar-refractivity contribution in [2.75, 3.05) is 22.0 Å². The molecule has 0 unspecified atom stereocenters. The van der Waals surface area contributed by atoms with Crippen molar-refractivity contribution in [2.24, 2.45) is 0 Å². The number of para-hydroxylation sites is 2. The number of rotatable bonds is 9. The summed E-state index contributed by atoms with van der Waals surface area (Å²) in [6.45, 7) is 0. The van der Waals surface area contributed by atoms with Crippen molar-refractivity contribution in [1.82, 2.24) is 20.4 Å². The molecule has 0 saturated carbocycles. The van der Waals surface area contributed by atoms with Crippen LogP contribution in [0.25, 0.3) is 33.1 Å². The van der Waals surface area contributed by atoms with E-state index in [0.717, 1.165) is 18.1 Å². The quantitative estimate of drug-likeness (QED) is 0.150. The summed E-state index contributed by atoms with van der Waals surface area (Å²) in [4.78, 5) is -0.313. The van der Waals surface area contributed by atoms with Gasteiger partial charge in [-0.25, -0.2) is 33.7 Å². The van der Waals surface area contributed by atoms with Crippen LogP contribution in [0.3, 0.4) is 0 Å². The molecule has 0 radical (unpaired) electrons. The Balaban J connectivity index is 0.000000186. The van der Waals surface area contributed by atoms with Crippen LogP contribution in [0.4, 0.5) is 11.4 Å². The summed E-state index contributed by atoms with van der Waals surface area (Å²) in [5, 5.41) is 23.6. The zero-order valence-corrected chi connectivity index (χ0v) is 31.5. The van der Waals surface area contributed by atoms with Gasteiger partial charge in [0, 0.05) is 28.8 Å². The first kappa shape index (κ1) is 37.7. The van der Waals surface area contributed by atoms with Gasteiger partial charge in [-0.2, -0.15) is 15.5 Å². The Morgan fingerprint density at radius 1 is 0.556 bits per heavy atom. The van der Waals surface area contributed by atoms with Crippen LogP contribution in [-0.4, -0.2) is 66.6 Å². The number of aromatic nitrogens is 4. The largest absolute Gasteiger partial charge is 0.278 e. The molecular formula is C35H29N7O8S4. The third-order valence-corrected chi connectivity index (χ3v) is 12.9. The standard InChI is InChI=1S/C20H17N3O4S2.C15H12N4O4S2/c1-28(24,25)19-10-6-5-9-18(19)23-29(26,27)15-11-12-17-16(13-15)20(22-21-17)14-7-3-2-4-8-14;1-24(20,21)15-5-3-2-4-13(15)19-25(22,23)10-6-7-12-11(8-10)14(9-16)18-17-12/h2-13,23H,1H3,(H,21,22);2-8,19H,1H3,(H,17,18). The van der Waals surface area contributed by atoms with E-state index in [1.807, 2.05) is 36.4 Å². The average molecular weight is 804 g/mol. The first-order valence-corrected chi connectivity index (χ1v) is 22.3. The van der Waals surface area contributed by atoms with E-state index >= 15 is 0 Å². The van der Waals surface area contributed by atoms with Crippen molar-refractivity contribution >= 4 is 72.9 Å². The SMILES string of the molecule is CS(=O)(=O)c1ccccc1NS(=O)(=O)c1ccc2[nH]nc(-c3ccccc3)c2c1.CS(=O)(=O)c1ccccc1NS(=O)(=O)c1ccc2[nH]nc(C#N)c2c1. The molecule has 2 aromatic heterocycles. The van der Waals surface area contributed by atoms with Gasteiger partial charge >= 0.3 is 0 Å². The second-order valence-corrected chi connectivity index (χ2v) is 19.1. The van der Waals surface area contributed by atoms with E-state index in [1.54, 1.807) is 12.1 Å². The van der Waals surface area contributed by atoms with Crippen LogP contribution in [0.5, 0.6) is 0 Å². The molecule has 0 aliphatic rings. The number of hydrogen-bond donors (Lipinski definition) is 4. The third kappa shape index (κ3) is 7.96. The van der Waals surface area contributed by atoms with Gasteiger partial charge in [-0.15, -0.1) is 0 Å². The number of aromatic amines is 2. The Hall–Kier alpha value is -6.07. The Bertz CT molecular complexity index is 3050. The van der Waals surface area contributed by atoms with E-state index in [4.69, 9.17) is 5.26 Å². The fourth-order valence-electron chi connectivity index (χ4n) is 5.38. The molecule has 7 aromatic rings. The zero-order chi connectivity index (χ0) is 38.9. The highest BCUT2D eigenvalue weighted by molar-refractivity contribution is 7.93. The first-order chi connectivity index (χ1) is 25.5. The van der Waals surface area contributed by atoms with Crippen LogP contribution in [-0.2, 0) is 39.7 Å². The van der Waals surface area contributed by atoms with Gasteiger partial charge in [0.05, 0.1) is 47.7 Å². The van der Waals surface area contributed by atoms with Crippen molar-refractivity contribution in [1.29, 1.82) is 5.26 Å². The van der Waals surface area contributed by atoms with Gasteiger partial charge in [-0.3, -0.25) is 19.6 Å². The number of nitrogens with one attached hydrogen (secondary N) is 4. The molecule has 15 nitrogen and oxygen atoms in total. The number of nitriles is 1. The lowest BCUT2D eigenvalue weighted by Crippen LogP contribution is -2.15. The zero-order valence-electron chi connectivity index (χ0n) is 28.2. The number of fused-ring (bicyclic) bond motifs is 2. The number of nitrogens with zero attached hydrogens (tertiary/aromatic N) is 3. The predicted octanol–water partition coefficient (Wildman–Crippen LogP) is 5.07. The second-order valence-electron chi connectivity index (χ2n) is 11.8. The van der Waals surface area contributed by atoms with Crippen LogP contribution in [0.15, 0.2) is 135 Å². The smallest absolute Gasteiger partial charge is 0.261 e. The Kier molecular flexibility index (Phi) is 10.0. The second kappa shape index (κ2) is 14.4. The van der Waals surface area contributed by atoms with Gasteiger partial charge in [-0.05, 0) is 60.7 Å². The number of benzene rings is 5. The molecule has 0 atom stereocenters. The van der Waals surface area contributed by atoms with Crippen molar-refractivity contribution in [3.05, 3.63) is 121 Å². The minimum Gasteiger partial charge on any atom is -0.278 e. The molecule has 0 aliphatic heterocycles. The fourth-order valence-corrected chi connectivity index (χ4v) is 9.41. The van der Waals surface area contributed by atoms with Crippen molar-refractivity contribution in [3.8, 4) is 17.3 Å². The van der Waals surface area contributed by atoms with Crippen LogP contribution in [0.2, 0.25) is 0 Å². The molecular weight excluding hydrogens is 775 g/mol. The highest BCUT2D eigenvalue weighted by Crippen LogP contribution is 2.30. The average Bonchev–Trinajstić information content (AvgIpc) is 3.75. The summed E-state index contributed by atoms with van der Waals surface area (Å²) in [6.07, 6.45) is 2.03. The summed E-state index contributed by atoms with van der Waals surface area (Å²) >= 11 is 0. The maximum atomic E-state index is 13.0. The molecule has 0 saturated heterocycles. The van der Waals surface area contributed by atoms with Crippen molar-refractivity contribution in [2.45, 2.75) is 19.6 Å². The van der Waals surface area contributed by atoms with Gasteiger partial charge in [0.2, 0.25) is 0 Å². The highest BCUT2D eigenvalue weighted by atomic mass is 32.2. The maximum Gasteiger partial charge on any atom is 0.261 e. The van der Waals surface area contributed by atoms with Crippen molar-refractivity contribution in [3.63, 3.8) is 0 Å². The van der Waals surface area contributed by atoms with Crippen molar-refractivity contribution < 1.29 is 33.7 Å². The Labute approximate surface area is 310 Å². The number of H-pyrrole nitrogens is 2. The van der Waals surface area contributed by atoms with Gasteiger partial charge in [0.15, 0.2) is 25.4 Å². The lowest BCUT2D eigenvalue weighted by molar-refractivity contribution is 0.597. The predicted molar refractivity (Wildman–Crippen MR) is 203 cm³/mol. The number of sulfone groups is 2. The molecule has 276 valence electrons. The van der Waals surface area contributed by atoms with Crippen LogP contribution >= 0.6 is 0 Å². The number of hydrogen-bond acceptors (Lipinski definition) is 11. The summed E-state index contributed by atoms with van der Waals surface area (Å²) in [7, 11) is -15.3.